The second-order valence-corrected chi connectivity index (χ2v) is 5.14. The summed E-state index contributed by atoms with van der Waals surface area (Å²) < 4.78 is 38.5. The van der Waals surface area contributed by atoms with Gasteiger partial charge in [0.05, 0.1) is 25.2 Å². The van der Waals surface area contributed by atoms with Crippen molar-refractivity contribution in [1.29, 1.82) is 0 Å². The number of halogens is 2. The first-order chi connectivity index (χ1) is 9.14. The molecule has 0 aliphatic carbocycles. The molecule has 0 bridgehead atoms. The topological polar surface area (TPSA) is 55.8 Å². The number of carboxylic acids is 1. The van der Waals surface area contributed by atoms with E-state index < -0.39 is 23.7 Å². The maximum Gasteiger partial charge on any atom is 0.309 e. The predicted octanol–water partition coefficient (Wildman–Crippen LogP) is 3.30. The van der Waals surface area contributed by atoms with Crippen LogP contribution in [0.3, 0.4) is 0 Å². The number of ether oxygens (including phenoxy) is 2. The van der Waals surface area contributed by atoms with Crippen LogP contribution < -0.4 is 9.47 Å². The van der Waals surface area contributed by atoms with Gasteiger partial charge in [-0.15, -0.1) is 0 Å². The maximum atomic E-state index is 14.3. The molecule has 1 N–H and O–H groups in total. The maximum absolute atomic E-state index is 14.3. The lowest BCUT2D eigenvalue weighted by molar-refractivity contribution is -0.153. The van der Waals surface area contributed by atoms with E-state index in [2.05, 4.69) is 0 Å². The molecule has 0 aliphatic heterocycles. The Morgan fingerprint density at radius 2 is 1.85 bits per heavy atom. The number of carbonyl (C=O) groups is 1. The Labute approximate surface area is 116 Å². The number of aliphatic carboxylic acids is 1. The van der Waals surface area contributed by atoms with Crippen molar-refractivity contribution in [3.63, 3.8) is 0 Å². The van der Waals surface area contributed by atoms with Crippen molar-refractivity contribution in [3.8, 4) is 11.5 Å². The summed E-state index contributed by atoms with van der Waals surface area (Å²) in [6, 6.07) is 3.92. The molecule has 0 unspecified atom stereocenters. The van der Waals surface area contributed by atoms with Gasteiger partial charge in [-0.25, -0.2) is 8.78 Å². The minimum atomic E-state index is -3.32. The Hall–Kier alpha value is -1.85. The molecule has 0 radical (unpaired) electrons. The van der Waals surface area contributed by atoms with Gasteiger partial charge in [0.2, 0.25) is 0 Å². The van der Waals surface area contributed by atoms with Crippen molar-refractivity contribution in [2.24, 2.45) is 5.41 Å². The fourth-order valence-electron chi connectivity index (χ4n) is 1.83. The van der Waals surface area contributed by atoms with Crippen LogP contribution in [0.5, 0.6) is 11.5 Å². The minimum Gasteiger partial charge on any atom is -0.497 e. The first-order valence-electron chi connectivity index (χ1n) is 5.98. The SMILES string of the molecule is COc1ccc(C(F)(F)CC(C)(C)C(=O)O)c(OC)c1. The summed E-state index contributed by atoms with van der Waals surface area (Å²) in [6.07, 6.45) is -0.821. The lowest BCUT2D eigenvalue weighted by Crippen LogP contribution is -2.31. The number of alkyl halides is 2. The third-order valence-electron chi connectivity index (χ3n) is 3.05. The van der Waals surface area contributed by atoms with Gasteiger partial charge in [-0.05, 0) is 26.0 Å². The average molecular weight is 288 g/mol. The zero-order valence-corrected chi connectivity index (χ0v) is 11.9. The monoisotopic (exact) mass is 288 g/mol. The van der Waals surface area contributed by atoms with Gasteiger partial charge in [-0.2, -0.15) is 0 Å². The quantitative estimate of drug-likeness (QED) is 0.872. The Morgan fingerprint density at radius 1 is 1.25 bits per heavy atom. The number of rotatable bonds is 6. The zero-order chi connectivity index (χ0) is 15.6. The zero-order valence-electron chi connectivity index (χ0n) is 11.9. The van der Waals surface area contributed by atoms with E-state index in [9.17, 15) is 13.6 Å². The molecule has 0 saturated heterocycles. The molecule has 20 heavy (non-hydrogen) atoms. The van der Waals surface area contributed by atoms with Crippen LogP contribution in [-0.2, 0) is 10.7 Å². The highest BCUT2D eigenvalue weighted by atomic mass is 19.3. The standard InChI is InChI=1S/C14H18F2O4/c1-13(2,12(17)18)8-14(15,16)10-6-5-9(19-3)7-11(10)20-4/h5-7H,8H2,1-4H3,(H,17,18). The van der Waals surface area contributed by atoms with Gasteiger partial charge >= 0.3 is 5.97 Å². The second kappa shape index (κ2) is 5.64. The number of carboxylic acid groups (broad SMARTS) is 1. The summed E-state index contributed by atoms with van der Waals surface area (Å²) in [5, 5.41) is 8.98. The van der Waals surface area contributed by atoms with Crippen molar-refractivity contribution in [1.82, 2.24) is 0 Å². The normalized spacial score (nSPS) is 12.1. The van der Waals surface area contributed by atoms with E-state index >= 15 is 0 Å². The molecule has 0 amide bonds. The van der Waals surface area contributed by atoms with Gasteiger partial charge in [0, 0.05) is 12.5 Å². The molecule has 0 aliphatic rings. The Kier molecular flexibility index (Phi) is 4.57. The lowest BCUT2D eigenvalue weighted by atomic mass is 9.84. The molecule has 6 heteroatoms. The highest BCUT2D eigenvalue weighted by Gasteiger charge is 2.44. The molecule has 112 valence electrons. The van der Waals surface area contributed by atoms with Crippen molar-refractivity contribution >= 4 is 5.97 Å². The number of hydrogen-bond acceptors (Lipinski definition) is 3. The number of benzene rings is 1. The van der Waals surface area contributed by atoms with Crippen molar-refractivity contribution in [3.05, 3.63) is 23.8 Å². The van der Waals surface area contributed by atoms with Crippen LogP contribution >= 0.6 is 0 Å². The van der Waals surface area contributed by atoms with Crippen molar-refractivity contribution < 1.29 is 28.2 Å². The van der Waals surface area contributed by atoms with E-state index in [0.717, 1.165) is 0 Å². The first-order valence-corrected chi connectivity index (χ1v) is 5.98. The fraction of sp³-hybridized carbons (Fsp3) is 0.500. The van der Waals surface area contributed by atoms with E-state index in [1.807, 2.05) is 0 Å². The van der Waals surface area contributed by atoms with Crippen LogP contribution in [0.15, 0.2) is 18.2 Å². The molecule has 0 aromatic heterocycles. The molecule has 0 saturated carbocycles. The minimum absolute atomic E-state index is 0.0319. The number of hydrogen-bond donors (Lipinski definition) is 1. The van der Waals surface area contributed by atoms with Crippen LogP contribution in [0.1, 0.15) is 25.8 Å². The van der Waals surface area contributed by atoms with Gasteiger partial charge in [0.1, 0.15) is 11.5 Å². The van der Waals surface area contributed by atoms with Gasteiger partial charge in [-0.3, -0.25) is 4.79 Å². The lowest BCUT2D eigenvalue weighted by Gasteiger charge is -2.27. The van der Waals surface area contributed by atoms with E-state index in [1.165, 1.54) is 46.3 Å². The first kappa shape index (κ1) is 16.2. The van der Waals surface area contributed by atoms with E-state index in [-0.39, 0.29) is 11.3 Å². The van der Waals surface area contributed by atoms with E-state index in [4.69, 9.17) is 14.6 Å². The van der Waals surface area contributed by atoms with Gasteiger partial charge in [0.15, 0.2) is 0 Å². The molecule has 1 aromatic carbocycles. The summed E-state index contributed by atoms with van der Waals surface area (Å²) in [5.74, 6) is -4.24. The fourth-order valence-corrected chi connectivity index (χ4v) is 1.83. The molecule has 0 heterocycles. The van der Waals surface area contributed by atoms with Crippen molar-refractivity contribution in [2.75, 3.05) is 14.2 Å². The Morgan fingerprint density at radius 3 is 2.30 bits per heavy atom. The molecule has 1 rings (SSSR count). The predicted molar refractivity (Wildman–Crippen MR) is 69.5 cm³/mol. The van der Waals surface area contributed by atoms with Gasteiger partial charge < -0.3 is 14.6 Å². The summed E-state index contributed by atoms with van der Waals surface area (Å²) in [7, 11) is 2.69. The Bertz CT molecular complexity index is 498. The highest BCUT2D eigenvalue weighted by molar-refractivity contribution is 5.73. The van der Waals surface area contributed by atoms with Gasteiger partial charge in [0.25, 0.3) is 5.92 Å². The van der Waals surface area contributed by atoms with Crippen molar-refractivity contribution in [2.45, 2.75) is 26.2 Å². The molecule has 0 atom stereocenters. The summed E-state index contributed by atoms with van der Waals surface area (Å²) >= 11 is 0. The highest BCUT2D eigenvalue weighted by Crippen LogP contribution is 2.44. The summed E-state index contributed by atoms with van der Waals surface area (Å²) in [5.41, 5.74) is -1.90. The molecule has 0 spiro atoms. The average Bonchev–Trinajstić information content (AvgIpc) is 2.36. The summed E-state index contributed by atoms with van der Waals surface area (Å²) in [4.78, 5) is 11.0. The van der Waals surface area contributed by atoms with Crippen LogP contribution in [-0.4, -0.2) is 25.3 Å². The summed E-state index contributed by atoms with van der Waals surface area (Å²) in [6.45, 7) is 2.53. The van der Waals surface area contributed by atoms with Gasteiger partial charge in [-0.1, -0.05) is 0 Å². The third kappa shape index (κ3) is 3.37. The second-order valence-electron chi connectivity index (χ2n) is 5.14. The molecule has 4 nitrogen and oxygen atoms in total. The van der Waals surface area contributed by atoms with Crippen LogP contribution in [0.25, 0.3) is 0 Å². The smallest absolute Gasteiger partial charge is 0.309 e. The largest absolute Gasteiger partial charge is 0.497 e. The molecular weight excluding hydrogens is 270 g/mol. The van der Waals surface area contributed by atoms with E-state index in [0.29, 0.717) is 5.75 Å². The third-order valence-corrected chi connectivity index (χ3v) is 3.05. The Balaban J connectivity index is 3.18. The van der Waals surface area contributed by atoms with Crippen LogP contribution in [0.4, 0.5) is 8.78 Å². The van der Waals surface area contributed by atoms with Crippen LogP contribution in [0, 0.1) is 5.41 Å². The van der Waals surface area contributed by atoms with E-state index in [1.54, 1.807) is 0 Å². The molecular formula is C14H18F2O4. The van der Waals surface area contributed by atoms with Crippen LogP contribution in [0.2, 0.25) is 0 Å². The molecule has 0 fully saturated rings. The molecule has 1 aromatic rings. The number of methoxy groups -OCH3 is 2.